The number of nitrogens with one attached hydrogen (secondary N) is 1. The Kier molecular flexibility index (Phi) is 6.49. The highest BCUT2D eigenvalue weighted by Crippen LogP contribution is 2.27. The highest BCUT2D eigenvalue weighted by atomic mass is 32.2. The van der Waals surface area contributed by atoms with Crippen LogP contribution in [0.5, 0.6) is 0 Å². The minimum atomic E-state index is -2.86. The maximum absolute atomic E-state index is 11.8. The van der Waals surface area contributed by atoms with Crippen LogP contribution in [0.1, 0.15) is 52.4 Å². The van der Waals surface area contributed by atoms with Gasteiger partial charge in [0.25, 0.3) is 0 Å². The van der Waals surface area contributed by atoms with Crippen molar-refractivity contribution in [1.82, 2.24) is 5.32 Å². The van der Waals surface area contributed by atoms with Crippen LogP contribution in [0.4, 0.5) is 0 Å². The van der Waals surface area contributed by atoms with Gasteiger partial charge in [-0.05, 0) is 31.7 Å². The molecule has 0 bridgehead atoms. The SMILES string of the molecule is CCCNC(CS(=O)(=O)CC)C1CCCCC1. The van der Waals surface area contributed by atoms with Crippen molar-refractivity contribution in [3.05, 3.63) is 0 Å². The van der Waals surface area contributed by atoms with Crippen molar-refractivity contribution < 1.29 is 8.42 Å². The van der Waals surface area contributed by atoms with Crippen LogP contribution >= 0.6 is 0 Å². The van der Waals surface area contributed by atoms with Crippen LogP contribution in [-0.2, 0) is 9.84 Å². The molecular formula is C13H27NO2S. The molecule has 1 aliphatic carbocycles. The van der Waals surface area contributed by atoms with Gasteiger partial charge >= 0.3 is 0 Å². The van der Waals surface area contributed by atoms with Gasteiger partial charge in [-0.15, -0.1) is 0 Å². The van der Waals surface area contributed by atoms with Crippen LogP contribution in [-0.4, -0.2) is 32.5 Å². The van der Waals surface area contributed by atoms with E-state index in [1.165, 1.54) is 32.1 Å². The lowest BCUT2D eigenvalue weighted by molar-refractivity contribution is 0.283. The molecule has 3 nitrogen and oxygen atoms in total. The molecule has 0 spiro atoms. The molecule has 17 heavy (non-hydrogen) atoms. The predicted molar refractivity (Wildman–Crippen MR) is 73.0 cm³/mol. The van der Waals surface area contributed by atoms with Gasteiger partial charge in [0.2, 0.25) is 0 Å². The van der Waals surface area contributed by atoms with Gasteiger partial charge in [0.15, 0.2) is 9.84 Å². The molecular weight excluding hydrogens is 234 g/mol. The normalized spacial score (nSPS) is 20.4. The average Bonchev–Trinajstić information content (AvgIpc) is 2.35. The van der Waals surface area contributed by atoms with Crippen molar-refractivity contribution in [1.29, 1.82) is 0 Å². The summed E-state index contributed by atoms with van der Waals surface area (Å²) in [5.41, 5.74) is 0. The Labute approximate surface area is 106 Å². The van der Waals surface area contributed by atoms with E-state index in [0.29, 0.717) is 11.7 Å². The zero-order chi connectivity index (χ0) is 12.7. The van der Waals surface area contributed by atoms with Gasteiger partial charge in [-0.3, -0.25) is 0 Å². The first-order chi connectivity index (χ1) is 8.09. The van der Waals surface area contributed by atoms with Gasteiger partial charge in [-0.2, -0.15) is 0 Å². The zero-order valence-corrected chi connectivity index (χ0v) is 12.1. The summed E-state index contributed by atoms with van der Waals surface area (Å²) in [6.07, 6.45) is 7.30. The molecule has 1 N–H and O–H groups in total. The monoisotopic (exact) mass is 261 g/mol. The largest absolute Gasteiger partial charge is 0.313 e. The fraction of sp³-hybridized carbons (Fsp3) is 1.00. The van der Waals surface area contributed by atoms with Gasteiger partial charge in [-0.25, -0.2) is 8.42 Å². The molecule has 4 heteroatoms. The van der Waals surface area contributed by atoms with Crippen molar-refractivity contribution >= 4 is 9.84 Å². The van der Waals surface area contributed by atoms with Crippen LogP contribution in [0.25, 0.3) is 0 Å². The highest BCUT2D eigenvalue weighted by molar-refractivity contribution is 7.91. The molecule has 1 unspecified atom stereocenters. The molecule has 1 fully saturated rings. The first kappa shape index (κ1) is 15.0. The van der Waals surface area contributed by atoms with E-state index in [4.69, 9.17) is 0 Å². The quantitative estimate of drug-likeness (QED) is 0.765. The van der Waals surface area contributed by atoms with Crippen LogP contribution in [0.2, 0.25) is 0 Å². The van der Waals surface area contributed by atoms with Crippen LogP contribution in [0.15, 0.2) is 0 Å². The lowest BCUT2D eigenvalue weighted by atomic mass is 9.84. The van der Waals surface area contributed by atoms with Crippen molar-refractivity contribution in [2.45, 2.75) is 58.4 Å². The molecule has 1 aliphatic rings. The summed E-state index contributed by atoms with van der Waals surface area (Å²) in [5, 5.41) is 3.45. The predicted octanol–water partition coefficient (Wildman–Crippen LogP) is 2.37. The van der Waals surface area contributed by atoms with Crippen LogP contribution in [0, 0.1) is 5.92 Å². The first-order valence-corrected chi connectivity index (χ1v) is 8.85. The molecule has 0 heterocycles. The van der Waals surface area contributed by atoms with E-state index < -0.39 is 9.84 Å². The Balaban J connectivity index is 2.58. The first-order valence-electron chi connectivity index (χ1n) is 7.03. The van der Waals surface area contributed by atoms with E-state index in [0.717, 1.165) is 13.0 Å². The molecule has 0 aromatic rings. The molecule has 1 saturated carbocycles. The lowest BCUT2D eigenvalue weighted by Crippen LogP contribution is -2.43. The van der Waals surface area contributed by atoms with E-state index in [9.17, 15) is 8.42 Å². The fourth-order valence-corrected chi connectivity index (χ4v) is 3.79. The average molecular weight is 261 g/mol. The van der Waals surface area contributed by atoms with E-state index in [2.05, 4.69) is 12.2 Å². The van der Waals surface area contributed by atoms with E-state index in [1.54, 1.807) is 6.92 Å². The third-order valence-corrected chi connectivity index (χ3v) is 5.50. The minimum Gasteiger partial charge on any atom is -0.313 e. The van der Waals surface area contributed by atoms with Crippen molar-refractivity contribution in [3.63, 3.8) is 0 Å². The molecule has 1 rings (SSSR count). The second-order valence-corrected chi connectivity index (χ2v) is 7.56. The molecule has 0 radical (unpaired) electrons. The van der Waals surface area contributed by atoms with Crippen molar-refractivity contribution in [2.24, 2.45) is 5.92 Å². The van der Waals surface area contributed by atoms with E-state index >= 15 is 0 Å². The maximum atomic E-state index is 11.8. The molecule has 0 aromatic carbocycles. The Morgan fingerprint density at radius 1 is 1.18 bits per heavy atom. The maximum Gasteiger partial charge on any atom is 0.151 e. The van der Waals surface area contributed by atoms with E-state index in [1.807, 2.05) is 0 Å². The number of rotatable bonds is 7. The van der Waals surface area contributed by atoms with Crippen LogP contribution < -0.4 is 5.32 Å². The second kappa shape index (κ2) is 7.37. The summed E-state index contributed by atoms with van der Waals surface area (Å²) in [4.78, 5) is 0. The Bertz CT molecular complexity index is 295. The fourth-order valence-electron chi connectivity index (χ4n) is 2.62. The summed E-state index contributed by atoms with van der Waals surface area (Å²) < 4.78 is 23.6. The van der Waals surface area contributed by atoms with Gasteiger partial charge in [0.1, 0.15) is 0 Å². The standard InChI is InChI=1S/C13H27NO2S/c1-3-10-14-13(11-17(15,16)4-2)12-8-6-5-7-9-12/h12-14H,3-11H2,1-2H3. The van der Waals surface area contributed by atoms with Crippen LogP contribution in [0.3, 0.4) is 0 Å². The zero-order valence-electron chi connectivity index (χ0n) is 11.2. The van der Waals surface area contributed by atoms with E-state index in [-0.39, 0.29) is 11.8 Å². The Morgan fingerprint density at radius 3 is 2.35 bits per heavy atom. The molecule has 0 aliphatic heterocycles. The van der Waals surface area contributed by atoms with Gasteiger partial charge in [0, 0.05) is 11.8 Å². The van der Waals surface area contributed by atoms with Crippen molar-refractivity contribution in [3.8, 4) is 0 Å². The molecule has 0 amide bonds. The Hall–Kier alpha value is -0.0900. The number of sulfone groups is 1. The van der Waals surface area contributed by atoms with Gasteiger partial charge < -0.3 is 5.32 Å². The summed E-state index contributed by atoms with van der Waals surface area (Å²) in [6, 6.07) is 0.181. The Morgan fingerprint density at radius 2 is 1.82 bits per heavy atom. The molecule has 0 aromatic heterocycles. The highest BCUT2D eigenvalue weighted by Gasteiger charge is 2.26. The molecule has 1 atom stereocenters. The van der Waals surface area contributed by atoms with Gasteiger partial charge in [-0.1, -0.05) is 33.1 Å². The smallest absolute Gasteiger partial charge is 0.151 e. The summed E-state index contributed by atoms with van der Waals surface area (Å²) in [6.45, 7) is 4.80. The van der Waals surface area contributed by atoms with Gasteiger partial charge in [0.05, 0.1) is 5.75 Å². The third kappa shape index (κ3) is 5.38. The van der Waals surface area contributed by atoms with Crippen molar-refractivity contribution in [2.75, 3.05) is 18.1 Å². The summed E-state index contributed by atoms with van der Waals surface area (Å²) in [7, 11) is -2.86. The second-order valence-electron chi connectivity index (χ2n) is 5.16. The topological polar surface area (TPSA) is 46.2 Å². The molecule has 0 saturated heterocycles. The summed E-state index contributed by atoms with van der Waals surface area (Å²) in [5.74, 6) is 1.16. The summed E-state index contributed by atoms with van der Waals surface area (Å²) >= 11 is 0. The lowest BCUT2D eigenvalue weighted by Gasteiger charge is -2.30. The third-order valence-electron chi connectivity index (χ3n) is 3.75. The number of hydrogen-bond donors (Lipinski definition) is 1. The molecule has 102 valence electrons. The number of hydrogen-bond acceptors (Lipinski definition) is 3. The minimum absolute atomic E-state index is 0.181.